The number of hydrogen-bond donors (Lipinski definition) is 2. The minimum Gasteiger partial charge on any atom is -0.312 e. The molecule has 1 aromatic carbocycles. The molecule has 0 spiro atoms. The molecular formula is C13H17Cl2N3. The van der Waals surface area contributed by atoms with Crippen molar-refractivity contribution in [3.05, 3.63) is 41.1 Å². The Balaban J connectivity index is 0.000000810. The standard InChI is InChI=1S/C13H15N3.2ClH/c1-9-2-4-10(5-3-9)13-11-8-14-7-6-12(11)15-16-13;;/h2-5,14H,6-8H2,1H3,(H,15,16);2*1H. The predicted octanol–water partition coefficient (Wildman–Crippen LogP) is 2.87. The van der Waals surface area contributed by atoms with Crippen LogP contribution in [0.2, 0.25) is 0 Å². The molecule has 0 fully saturated rings. The highest BCUT2D eigenvalue weighted by Gasteiger charge is 2.17. The number of aryl methyl sites for hydroxylation is 1. The third-order valence-corrected chi connectivity index (χ3v) is 3.13. The highest BCUT2D eigenvalue weighted by atomic mass is 35.5. The number of aromatic amines is 1. The van der Waals surface area contributed by atoms with Gasteiger partial charge in [0.15, 0.2) is 0 Å². The van der Waals surface area contributed by atoms with Crippen LogP contribution in [-0.2, 0) is 13.0 Å². The first-order valence-corrected chi connectivity index (χ1v) is 5.68. The quantitative estimate of drug-likeness (QED) is 0.846. The molecule has 0 radical (unpaired) electrons. The normalized spacial score (nSPS) is 13.2. The Morgan fingerprint density at radius 1 is 1.11 bits per heavy atom. The Labute approximate surface area is 119 Å². The zero-order chi connectivity index (χ0) is 11.0. The molecule has 2 heterocycles. The highest BCUT2D eigenvalue weighted by Crippen LogP contribution is 2.25. The van der Waals surface area contributed by atoms with E-state index in [1.54, 1.807) is 0 Å². The molecule has 98 valence electrons. The van der Waals surface area contributed by atoms with Gasteiger partial charge in [-0.25, -0.2) is 0 Å². The number of nitrogens with one attached hydrogen (secondary N) is 2. The van der Waals surface area contributed by atoms with Gasteiger partial charge < -0.3 is 5.32 Å². The lowest BCUT2D eigenvalue weighted by molar-refractivity contribution is 0.637. The first kappa shape index (κ1) is 15.0. The number of H-pyrrole nitrogens is 1. The Hall–Kier alpha value is -1.03. The van der Waals surface area contributed by atoms with Gasteiger partial charge in [0.1, 0.15) is 0 Å². The predicted molar refractivity (Wildman–Crippen MR) is 78.7 cm³/mol. The Morgan fingerprint density at radius 2 is 1.83 bits per heavy atom. The first-order valence-electron chi connectivity index (χ1n) is 5.68. The number of hydrogen-bond acceptors (Lipinski definition) is 2. The fourth-order valence-electron chi connectivity index (χ4n) is 2.18. The van der Waals surface area contributed by atoms with E-state index < -0.39 is 0 Å². The number of halogens is 2. The highest BCUT2D eigenvalue weighted by molar-refractivity contribution is 5.85. The lowest BCUT2D eigenvalue weighted by Crippen LogP contribution is -2.23. The van der Waals surface area contributed by atoms with Crippen LogP contribution in [0.4, 0.5) is 0 Å². The molecule has 3 nitrogen and oxygen atoms in total. The van der Waals surface area contributed by atoms with Crippen molar-refractivity contribution in [1.82, 2.24) is 15.5 Å². The van der Waals surface area contributed by atoms with E-state index in [4.69, 9.17) is 0 Å². The average molecular weight is 286 g/mol. The Kier molecular flexibility index (Phi) is 5.20. The van der Waals surface area contributed by atoms with Crippen molar-refractivity contribution in [3.63, 3.8) is 0 Å². The topological polar surface area (TPSA) is 40.7 Å². The molecule has 5 heteroatoms. The monoisotopic (exact) mass is 285 g/mol. The summed E-state index contributed by atoms with van der Waals surface area (Å²) in [5, 5.41) is 11.0. The van der Waals surface area contributed by atoms with Gasteiger partial charge >= 0.3 is 0 Å². The summed E-state index contributed by atoms with van der Waals surface area (Å²) >= 11 is 0. The summed E-state index contributed by atoms with van der Waals surface area (Å²) in [6, 6.07) is 8.54. The van der Waals surface area contributed by atoms with Gasteiger partial charge in [-0.15, -0.1) is 24.8 Å². The van der Waals surface area contributed by atoms with Crippen LogP contribution in [0, 0.1) is 6.92 Å². The van der Waals surface area contributed by atoms with Crippen LogP contribution in [0.1, 0.15) is 16.8 Å². The van der Waals surface area contributed by atoms with Gasteiger partial charge in [0.2, 0.25) is 0 Å². The van der Waals surface area contributed by atoms with Crippen LogP contribution in [0.5, 0.6) is 0 Å². The summed E-state index contributed by atoms with van der Waals surface area (Å²) in [4.78, 5) is 0. The zero-order valence-electron chi connectivity index (χ0n) is 10.2. The molecule has 0 unspecified atom stereocenters. The largest absolute Gasteiger partial charge is 0.312 e. The van der Waals surface area contributed by atoms with E-state index in [1.807, 2.05) is 0 Å². The second-order valence-corrected chi connectivity index (χ2v) is 4.32. The SMILES string of the molecule is Cc1ccc(-c2n[nH]c3c2CNCC3)cc1.Cl.Cl. The van der Waals surface area contributed by atoms with E-state index in [0.29, 0.717) is 0 Å². The van der Waals surface area contributed by atoms with Gasteiger partial charge in [-0.1, -0.05) is 29.8 Å². The molecule has 2 aromatic rings. The van der Waals surface area contributed by atoms with E-state index in [1.165, 1.54) is 22.4 Å². The zero-order valence-corrected chi connectivity index (χ0v) is 11.8. The number of aromatic nitrogens is 2. The van der Waals surface area contributed by atoms with Crippen LogP contribution in [0.3, 0.4) is 0 Å². The molecule has 0 aliphatic carbocycles. The van der Waals surface area contributed by atoms with E-state index in [2.05, 4.69) is 46.7 Å². The molecule has 18 heavy (non-hydrogen) atoms. The second kappa shape index (κ2) is 6.23. The van der Waals surface area contributed by atoms with Crippen LogP contribution >= 0.6 is 24.8 Å². The summed E-state index contributed by atoms with van der Waals surface area (Å²) < 4.78 is 0. The van der Waals surface area contributed by atoms with Crippen molar-refractivity contribution >= 4 is 24.8 Å². The average Bonchev–Trinajstić information content (AvgIpc) is 2.74. The number of fused-ring (bicyclic) bond motifs is 1. The smallest absolute Gasteiger partial charge is 0.0968 e. The molecule has 0 amide bonds. The molecule has 0 saturated heterocycles. The fraction of sp³-hybridized carbons (Fsp3) is 0.308. The van der Waals surface area contributed by atoms with Crippen molar-refractivity contribution in [3.8, 4) is 11.3 Å². The molecule has 0 bridgehead atoms. The van der Waals surface area contributed by atoms with E-state index >= 15 is 0 Å². The molecule has 0 saturated carbocycles. The second-order valence-electron chi connectivity index (χ2n) is 4.32. The number of benzene rings is 1. The molecule has 3 rings (SSSR count). The third kappa shape index (κ3) is 2.69. The first-order chi connectivity index (χ1) is 7.84. The summed E-state index contributed by atoms with van der Waals surface area (Å²) in [7, 11) is 0. The molecule has 1 aliphatic heterocycles. The molecule has 1 aliphatic rings. The minimum absolute atomic E-state index is 0. The van der Waals surface area contributed by atoms with Gasteiger partial charge in [0.05, 0.1) is 5.69 Å². The summed E-state index contributed by atoms with van der Waals surface area (Å²) in [5.74, 6) is 0. The van der Waals surface area contributed by atoms with E-state index in [-0.39, 0.29) is 24.8 Å². The molecule has 2 N–H and O–H groups in total. The Bertz CT molecular complexity index is 505. The Morgan fingerprint density at radius 3 is 2.56 bits per heavy atom. The maximum Gasteiger partial charge on any atom is 0.0968 e. The van der Waals surface area contributed by atoms with Crippen molar-refractivity contribution in [2.75, 3.05) is 6.54 Å². The third-order valence-electron chi connectivity index (χ3n) is 3.13. The van der Waals surface area contributed by atoms with Crippen LogP contribution in [0.25, 0.3) is 11.3 Å². The maximum absolute atomic E-state index is 4.43. The maximum atomic E-state index is 4.43. The lowest BCUT2D eigenvalue weighted by atomic mass is 10.0. The van der Waals surface area contributed by atoms with Gasteiger partial charge in [-0.2, -0.15) is 5.10 Å². The van der Waals surface area contributed by atoms with Crippen molar-refractivity contribution in [1.29, 1.82) is 0 Å². The number of rotatable bonds is 1. The van der Waals surface area contributed by atoms with Gasteiger partial charge in [0, 0.05) is 36.3 Å². The number of nitrogens with zero attached hydrogens (tertiary/aromatic N) is 1. The lowest BCUT2D eigenvalue weighted by Gasteiger charge is -2.13. The minimum atomic E-state index is 0. The summed E-state index contributed by atoms with van der Waals surface area (Å²) in [6.07, 6.45) is 1.05. The van der Waals surface area contributed by atoms with Crippen molar-refractivity contribution < 1.29 is 0 Å². The summed E-state index contributed by atoms with van der Waals surface area (Å²) in [5.41, 5.74) is 6.20. The molecular weight excluding hydrogens is 269 g/mol. The van der Waals surface area contributed by atoms with E-state index in [9.17, 15) is 0 Å². The van der Waals surface area contributed by atoms with Crippen LogP contribution in [0.15, 0.2) is 24.3 Å². The van der Waals surface area contributed by atoms with Crippen molar-refractivity contribution in [2.24, 2.45) is 0 Å². The van der Waals surface area contributed by atoms with Crippen LogP contribution < -0.4 is 5.32 Å². The van der Waals surface area contributed by atoms with Gasteiger partial charge in [-0.3, -0.25) is 5.10 Å². The summed E-state index contributed by atoms with van der Waals surface area (Å²) in [6.45, 7) is 4.07. The van der Waals surface area contributed by atoms with Gasteiger partial charge in [0.25, 0.3) is 0 Å². The fourth-order valence-corrected chi connectivity index (χ4v) is 2.18. The van der Waals surface area contributed by atoms with E-state index in [0.717, 1.165) is 25.2 Å². The van der Waals surface area contributed by atoms with Crippen molar-refractivity contribution in [2.45, 2.75) is 19.9 Å². The molecule has 0 atom stereocenters. The van der Waals surface area contributed by atoms with Gasteiger partial charge in [-0.05, 0) is 6.92 Å². The van der Waals surface area contributed by atoms with Crippen LogP contribution in [-0.4, -0.2) is 16.7 Å². The molecule has 1 aromatic heterocycles.